The topological polar surface area (TPSA) is 95.7 Å². The van der Waals surface area contributed by atoms with Gasteiger partial charge in [-0.25, -0.2) is 14.4 Å². The van der Waals surface area contributed by atoms with Gasteiger partial charge in [-0.3, -0.25) is 14.5 Å². The van der Waals surface area contributed by atoms with Crippen LogP contribution in [0.5, 0.6) is 0 Å². The highest BCUT2D eigenvalue weighted by Gasteiger charge is 2.24. The fourth-order valence-corrected chi connectivity index (χ4v) is 4.39. The highest BCUT2D eigenvalue weighted by molar-refractivity contribution is 7.16. The lowest BCUT2D eigenvalue weighted by molar-refractivity contribution is -0.120. The first-order valence-corrected chi connectivity index (χ1v) is 10.9. The molecule has 10 heteroatoms. The molecular formula is C21H23FN6O2S. The van der Waals surface area contributed by atoms with Gasteiger partial charge in [-0.1, -0.05) is 0 Å². The van der Waals surface area contributed by atoms with Crippen molar-refractivity contribution in [1.82, 2.24) is 14.9 Å². The summed E-state index contributed by atoms with van der Waals surface area (Å²) < 4.78 is 13.3. The van der Waals surface area contributed by atoms with Gasteiger partial charge in [-0.2, -0.15) is 0 Å². The van der Waals surface area contributed by atoms with Crippen molar-refractivity contribution in [3.8, 4) is 0 Å². The Morgan fingerprint density at radius 2 is 1.84 bits per heavy atom. The number of halogens is 1. The van der Waals surface area contributed by atoms with Crippen LogP contribution in [0.25, 0.3) is 10.2 Å². The van der Waals surface area contributed by atoms with Crippen LogP contribution in [-0.4, -0.2) is 66.0 Å². The first-order chi connectivity index (χ1) is 15.0. The number of rotatable bonds is 7. The number of nitrogens with zero attached hydrogens (tertiary/aromatic N) is 5. The summed E-state index contributed by atoms with van der Waals surface area (Å²) in [6, 6.07) is 7.70. The van der Waals surface area contributed by atoms with Gasteiger partial charge >= 0.3 is 0 Å². The zero-order valence-corrected chi connectivity index (χ0v) is 17.7. The van der Waals surface area contributed by atoms with Crippen molar-refractivity contribution < 1.29 is 14.0 Å². The third-order valence-electron chi connectivity index (χ3n) is 5.29. The molecule has 162 valence electrons. The van der Waals surface area contributed by atoms with Gasteiger partial charge in [-0.15, -0.1) is 11.3 Å². The van der Waals surface area contributed by atoms with Gasteiger partial charge in [0.25, 0.3) is 0 Å². The maximum absolute atomic E-state index is 13.3. The molecule has 0 saturated carbocycles. The van der Waals surface area contributed by atoms with Crippen molar-refractivity contribution in [1.29, 1.82) is 0 Å². The Bertz CT molecular complexity index is 1070. The van der Waals surface area contributed by atoms with E-state index in [0.29, 0.717) is 18.8 Å². The van der Waals surface area contributed by atoms with E-state index in [4.69, 9.17) is 5.73 Å². The van der Waals surface area contributed by atoms with Gasteiger partial charge in [-0.05, 0) is 35.7 Å². The van der Waals surface area contributed by atoms with Gasteiger partial charge in [0, 0.05) is 44.8 Å². The summed E-state index contributed by atoms with van der Waals surface area (Å²) in [7, 11) is 0. The van der Waals surface area contributed by atoms with Crippen LogP contribution in [0.4, 0.5) is 15.9 Å². The molecular weight excluding hydrogens is 419 g/mol. The fraction of sp³-hybridized carbons (Fsp3) is 0.333. The number of amides is 2. The Kier molecular flexibility index (Phi) is 6.38. The normalized spacial score (nSPS) is 14.7. The number of carbonyl (C=O) groups excluding carboxylic acids is 2. The lowest BCUT2D eigenvalue weighted by Crippen LogP contribution is -2.50. The van der Waals surface area contributed by atoms with Crippen molar-refractivity contribution in [2.45, 2.75) is 6.42 Å². The Balaban J connectivity index is 1.40. The van der Waals surface area contributed by atoms with Crippen LogP contribution in [-0.2, 0) is 9.59 Å². The minimum Gasteiger partial charge on any atom is -0.370 e. The second-order valence-electron chi connectivity index (χ2n) is 7.34. The number of anilines is 2. The van der Waals surface area contributed by atoms with Crippen LogP contribution >= 0.6 is 11.3 Å². The van der Waals surface area contributed by atoms with Gasteiger partial charge in [0.1, 0.15) is 22.8 Å². The van der Waals surface area contributed by atoms with Crippen LogP contribution in [0, 0.1) is 5.82 Å². The molecule has 3 aromatic rings. The van der Waals surface area contributed by atoms with Crippen LogP contribution in [0.1, 0.15) is 6.42 Å². The fourth-order valence-electron chi connectivity index (χ4n) is 3.66. The molecule has 0 bridgehead atoms. The molecule has 3 heterocycles. The van der Waals surface area contributed by atoms with Gasteiger partial charge in [0.15, 0.2) is 0 Å². The molecule has 2 N–H and O–H groups in total. The summed E-state index contributed by atoms with van der Waals surface area (Å²) in [5.41, 5.74) is 5.82. The molecule has 0 spiro atoms. The lowest BCUT2D eigenvalue weighted by atomic mass is 10.2. The predicted octanol–water partition coefficient (Wildman–Crippen LogP) is 1.86. The Labute approximate surface area is 183 Å². The maximum Gasteiger partial charge on any atom is 0.241 e. The van der Waals surface area contributed by atoms with Crippen LogP contribution in [0.3, 0.4) is 0 Å². The second kappa shape index (κ2) is 9.36. The van der Waals surface area contributed by atoms with E-state index in [-0.39, 0.29) is 31.2 Å². The summed E-state index contributed by atoms with van der Waals surface area (Å²) in [6.07, 6.45) is 1.63. The minimum absolute atomic E-state index is 0.0429. The van der Waals surface area contributed by atoms with Crippen LogP contribution < -0.4 is 15.5 Å². The third kappa shape index (κ3) is 4.97. The summed E-state index contributed by atoms with van der Waals surface area (Å²) in [4.78, 5) is 39.8. The molecule has 0 unspecified atom stereocenters. The zero-order valence-electron chi connectivity index (χ0n) is 16.9. The molecule has 1 aliphatic rings. The van der Waals surface area contributed by atoms with E-state index in [1.807, 2.05) is 11.4 Å². The molecule has 0 atom stereocenters. The maximum atomic E-state index is 13.3. The van der Waals surface area contributed by atoms with Crippen molar-refractivity contribution >= 4 is 44.9 Å². The van der Waals surface area contributed by atoms with Crippen LogP contribution in [0.15, 0.2) is 42.0 Å². The van der Waals surface area contributed by atoms with E-state index < -0.39 is 5.91 Å². The van der Waals surface area contributed by atoms with E-state index in [1.54, 1.807) is 17.7 Å². The first-order valence-electron chi connectivity index (χ1n) is 10.0. The second-order valence-corrected chi connectivity index (χ2v) is 8.23. The van der Waals surface area contributed by atoms with E-state index >= 15 is 0 Å². The largest absolute Gasteiger partial charge is 0.370 e. The quantitative estimate of drug-likeness (QED) is 0.600. The van der Waals surface area contributed by atoms with E-state index in [1.165, 1.54) is 29.2 Å². The number of thiophene rings is 1. The molecule has 0 aliphatic carbocycles. The molecule has 31 heavy (non-hydrogen) atoms. The van der Waals surface area contributed by atoms with E-state index in [2.05, 4.69) is 19.8 Å². The summed E-state index contributed by atoms with van der Waals surface area (Å²) in [5.74, 6) is -0.0973. The number of aromatic nitrogens is 2. The van der Waals surface area contributed by atoms with Crippen molar-refractivity contribution in [3.63, 3.8) is 0 Å². The smallest absolute Gasteiger partial charge is 0.241 e. The molecule has 2 aromatic heterocycles. The number of benzene rings is 1. The van der Waals surface area contributed by atoms with Crippen molar-refractivity contribution in [2.75, 3.05) is 49.1 Å². The average molecular weight is 443 g/mol. The predicted molar refractivity (Wildman–Crippen MR) is 119 cm³/mol. The molecule has 1 aliphatic heterocycles. The van der Waals surface area contributed by atoms with Gasteiger partial charge in [0.05, 0.1) is 11.9 Å². The SMILES string of the molecule is NC(=O)CCN(C(=O)CN1CCN(c2ncnc3sccc23)CC1)c1ccc(F)cc1. The van der Waals surface area contributed by atoms with Crippen molar-refractivity contribution in [3.05, 3.63) is 47.9 Å². The number of hydrogen-bond donors (Lipinski definition) is 1. The van der Waals surface area contributed by atoms with E-state index in [0.717, 1.165) is 29.1 Å². The monoisotopic (exact) mass is 442 g/mol. The van der Waals surface area contributed by atoms with Crippen molar-refractivity contribution in [2.24, 2.45) is 5.73 Å². The van der Waals surface area contributed by atoms with Gasteiger partial charge in [0.2, 0.25) is 11.8 Å². The molecule has 1 fully saturated rings. The Hall–Kier alpha value is -3.11. The highest BCUT2D eigenvalue weighted by atomic mass is 32.1. The highest BCUT2D eigenvalue weighted by Crippen LogP contribution is 2.27. The number of primary amides is 1. The number of carbonyl (C=O) groups is 2. The number of hydrogen-bond acceptors (Lipinski definition) is 7. The number of nitrogens with two attached hydrogens (primary N) is 1. The molecule has 2 amide bonds. The lowest BCUT2D eigenvalue weighted by Gasteiger charge is -2.36. The third-order valence-corrected chi connectivity index (χ3v) is 6.11. The molecule has 8 nitrogen and oxygen atoms in total. The summed E-state index contributed by atoms with van der Waals surface area (Å²) >= 11 is 1.59. The first kappa shape index (κ1) is 21.1. The Morgan fingerprint density at radius 1 is 1.10 bits per heavy atom. The van der Waals surface area contributed by atoms with E-state index in [9.17, 15) is 14.0 Å². The number of fused-ring (bicyclic) bond motifs is 1. The minimum atomic E-state index is -0.488. The van der Waals surface area contributed by atoms with Crippen LogP contribution in [0.2, 0.25) is 0 Å². The summed E-state index contributed by atoms with van der Waals surface area (Å²) in [5, 5.41) is 3.06. The number of piperazine rings is 1. The van der Waals surface area contributed by atoms with Gasteiger partial charge < -0.3 is 15.5 Å². The Morgan fingerprint density at radius 3 is 2.55 bits per heavy atom. The zero-order chi connectivity index (χ0) is 21.8. The average Bonchev–Trinajstić information content (AvgIpc) is 3.24. The molecule has 1 saturated heterocycles. The molecule has 4 rings (SSSR count). The molecule has 1 aromatic carbocycles. The summed E-state index contributed by atoms with van der Waals surface area (Å²) in [6.45, 7) is 3.27. The molecule has 0 radical (unpaired) electrons. The standard InChI is InChI=1S/C21H23FN6O2S/c22-15-1-3-16(4-2-15)28(7-5-18(23)29)19(30)13-26-8-10-27(11-9-26)20-17-6-12-31-21(17)25-14-24-20/h1-4,6,12,14H,5,7-11,13H2,(H2,23,29).